The molecular weight excluding hydrogens is 250 g/mol. The predicted octanol–water partition coefficient (Wildman–Crippen LogP) is 2.81. The highest BCUT2D eigenvalue weighted by atomic mass is 15.3. The Bertz CT molecular complexity index is 719. The third kappa shape index (κ3) is 2.61. The summed E-state index contributed by atoms with van der Waals surface area (Å²) in [4.78, 5) is 8.93. The van der Waals surface area contributed by atoms with E-state index in [4.69, 9.17) is 0 Å². The number of benzene rings is 1. The van der Waals surface area contributed by atoms with Crippen molar-refractivity contribution in [2.24, 2.45) is 0 Å². The van der Waals surface area contributed by atoms with Gasteiger partial charge in [0, 0.05) is 12.7 Å². The first-order valence-corrected chi connectivity index (χ1v) is 6.69. The van der Waals surface area contributed by atoms with Gasteiger partial charge in [0.1, 0.15) is 5.82 Å². The molecule has 0 saturated heterocycles. The van der Waals surface area contributed by atoms with Crippen molar-refractivity contribution in [1.29, 1.82) is 0 Å². The molecule has 5 nitrogen and oxygen atoms in total. The number of aryl methyl sites for hydroxylation is 1. The summed E-state index contributed by atoms with van der Waals surface area (Å²) in [5.41, 5.74) is 2.98. The maximum absolute atomic E-state index is 4.54. The molecule has 0 aliphatic heterocycles. The molecule has 2 heterocycles. The van der Waals surface area contributed by atoms with E-state index in [0.717, 1.165) is 23.4 Å². The normalized spacial score (nSPS) is 12.5. The van der Waals surface area contributed by atoms with E-state index in [9.17, 15) is 0 Å². The van der Waals surface area contributed by atoms with Crippen molar-refractivity contribution >= 4 is 16.9 Å². The number of para-hydroxylation sites is 2. The van der Waals surface area contributed by atoms with Crippen LogP contribution in [0.3, 0.4) is 0 Å². The van der Waals surface area contributed by atoms with Gasteiger partial charge >= 0.3 is 0 Å². The van der Waals surface area contributed by atoms with Crippen LogP contribution in [-0.2, 0) is 0 Å². The summed E-state index contributed by atoms with van der Waals surface area (Å²) in [5.74, 6) is 0.791. The molecule has 102 valence electrons. The van der Waals surface area contributed by atoms with Crippen LogP contribution in [0, 0.1) is 6.92 Å². The fourth-order valence-corrected chi connectivity index (χ4v) is 2.06. The van der Waals surface area contributed by atoms with Crippen LogP contribution < -0.4 is 5.32 Å². The van der Waals surface area contributed by atoms with E-state index < -0.39 is 0 Å². The molecule has 1 N–H and O–H groups in total. The molecule has 0 spiro atoms. The fraction of sp³-hybridized carbons (Fsp3) is 0.267. The average Bonchev–Trinajstić information content (AvgIpc) is 2.91. The van der Waals surface area contributed by atoms with Gasteiger partial charge in [-0.1, -0.05) is 12.1 Å². The molecule has 20 heavy (non-hydrogen) atoms. The topological polar surface area (TPSA) is 55.6 Å². The lowest BCUT2D eigenvalue weighted by molar-refractivity contribution is 0.511. The Hall–Kier alpha value is -2.43. The summed E-state index contributed by atoms with van der Waals surface area (Å²) in [5, 5.41) is 7.63. The van der Waals surface area contributed by atoms with Gasteiger partial charge in [-0.25, -0.2) is 4.98 Å². The molecule has 0 radical (unpaired) electrons. The van der Waals surface area contributed by atoms with Crippen molar-refractivity contribution in [1.82, 2.24) is 19.7 Å². The van der Waals surface area contributed by atoms with E-state index in [0.29, 0.717) is 0 Å². The molecular formula is C15H17N5. The number of rotatable bonds is 4. The number of nitrogens with zero attached hydrogens (tertiary/aromatic N) is 4. The molecule has 0 bridgehead atoms. The molecule has 1 atom stereocenters. The molecule has 2 aromatic heterocycles. The van der Waals surface area contributed by atoms with Crippen molar-refractivity contribution < 1.29 is 0 Å². The highest BCUT2D eigenvalue weighted by Gasteiger charge is 2.06. The monoisotopic (exact) mass is 267 g/mol. The predicted molar refractivity (Wildman–Crippen MR) is 79.7 cm³/mol. The maximum Gasteiger partial charge on any atom is 0.145 e. The van der Waals surface area contributed by atoms with Crippen LogP contribution in [0.5, 0.6) is 0 Å². The van der Waals surface area contributed by atoms with E-state index >= 15 is 0 Å². The van der Waals surface area contributed by atoms with Crippen molar-refractivity contribution in [2.45, 2.75) is 19.9 Å². The van der Waals surface area contributed by atoms with Crippen LogP contribution in [0.1, 0.15) is 18.5 Å². The summed E-state index contributed by atoms with van der Waals surface area (Å²) < 4.78 is 1.96. The molecule has 3 aromatic rings. The Morgan fingerprint density at radius 2 is 2.00 bits per heavy atom. The Kier molecular flexibility index (Phi) is 3.33. The number of fused-ring (bicyclic) bond motifs is 1. The van der Waals surface area contributed by atoms with Crippen LogP contribution in [0.15, 0.2) is 42.9 Å². The minimum Gasteiger partial charge on any atom is -0.367 e. The third-order valence-corrected chi connectivity index (χ3v) is 3.21. The lowest BCUT2D eigenvalue weighted by atomic mass is 10.3. The lowest BCUT2D eigenvalue weighted by Gasteiger charge is -2.13. The second-order valence-electron chi connectivity index (χ2n) is 4.97. The highest BCUT2D eigenvalue weighted by Crippen LogP contribution is 2.12. The number of hydrogen-bond donors (Lipinski definition) is 1. The van der Waals surface area contributed by atoms with Crippen molar-refractivity contribution in [3.8, 4) is 0 Å². The minimum absolute atomic E-state index is 0.261. The van der Waals surface area contributed by atoms with Crippen molar-refractivity contribution in [2.75, 3.05) is 11.9 Å². The number of nitrogens with one attached hydrogen (secondary N) is 1. The summed E-state index contributed by atoms with van der Waals surface area (Å²) in [7, 11) is 0. The Labute approximate surface area is 117 Å². The maximum atomic E-state index is 4.54. The minimum atomic E-state index is 0.261. The molecule has 3 rings (SSSR count). The van der Waals surface area contributed by atoms with E-state index in [1.54, 1.807) is 6.20 Å². The van der Waals surface area contributed by atoms with Gasteiger partial charge in [-0.3, -0.25) is 9.67 Å². The van der Waals surface area contributed by atoms with Crippen LogP contribution in [-0.4, -0.2) is 26.3 Å². The summed E-state index contributed by atoms with van der Waals surface area (Å²) in [6.07, 6.45) is 5.67. The van der Waals surface area contributed by atoms with Gasteiger partial charge in [0.2, 0.25) is 0 Å². The van der Waals surface area contributed by atoms with Crippen LogP contribution in [0.25, 0.3) is 11.0 Å². The van der Waals surface area contributed by atoms with E-state index in [2.05, 4.69) is 27.3 Å². The Morgan fingerprint density at radius 1 is 1.20 bits per heavy atom. The SMILES string of the molecule is Cc1cnn([C@@H](C)CNc2cnc3ccccc3n2)c1. The Morgan fingerprint density at radius 3 is 2.75 bits per heavy atom. The van der Waals surface area contributed by atoms with Gasteiger partial charge in [0.25, 0.3) is 0 Å². The van der Waals surface area contributed by atoms with Crippen LogP contribution in [0.2, 0.25) is 0 Å². The number of hydrogen-bond acceptors (Lipinski definition) is 4. The van der Waals surface area contributed by atoms with Crippen molar-refractivity contribution in [3.05, 3.63) is 48.4 Å². The summed E-state index contributed by atoms with van der Waals surface area (Å²) in [6.45, 7) is 4.92. The van der Waals surface area contributed by atoms with Crippen LogP contribution in [0.4, 0.5) is 5.82 Å². The first-order valence-electron chi connectivity index (χ1n) is 6.69. The highest BCUT2D eigenvalue weighted by molar-refractivity contribution is 5.75. The standard InChI is InChI=1S/C15H17N5/c1-11-7-18-20(10-11)12(2)8-17-15-9-16-13-5-3-4-6-14(13)19-15/h3-7,9-10,12H,8H2,1-2H3,(H,17,19)/t12-/m0/s1. The van der Waals surface area contributed by atoms with Crippen LogP contribution >= 0.6 is 0 Å². The molecule has 0 fully saturated rings. The van der Waals surface area contributed by atoms with E-state index in [-0.39, 0.29) is 6.04 Å². The zero-order chi connectivity index (χ0) is 13.9. The third-order valence-electron chi connectivity index (χ3n) is 3.21. The number of anilines is 1. The molecule has 0 amide bonds. The van der Waals surface area contributed by atoms with Gasteiger partial charge in [0.05, 0.1) is 29.5 Å². The summed E-state index contributed by atoms with van der Waals surface area (Å²) >= 11 is 0. The summed E-state index contributed by atoms with van der Waals surface area (Å²) in [6, 6.07) is 8.12. The first kappa shape index (κ1) is 12.6. The molecule has 0 saturated carbocycles. The molecule has 0 aliphatic rings. The fourth-order valence-electron chi connectivity index (χ4n) is 2.06. The van der Waals surface area contributed by atoms with Gasteiger partial charge in [-0.2, -0.15) is 5.10 Å². The number of aromatic nitrogens is 4. The van der Waals surface area contributed by atoms with E-state index in [1.807, 2.05) is 48.3 Å². The van der Waals surface area contributed by atoms with E-state index in [1.165, 1.54) is 5.56 Å². The quantitative estimate of drug-likeness (QED) is 0.789. The van der Waals surface area contributed by atoms with Gasteiger partial charge in [-0.15, -0.1) is 0 Å². The lowest BCUT2D eigenvalue weighted by Crippen LogP contribution is -2.17. The molecule has 5 heteroatoms. The van der Waals surface area contributed by atoms with Gasteiger partial charge in [0.15, 0.2) is 0 Å². The zero-order valence-corrected chi connectivity index (χ0v) is 11.6. The Balaban J connectivity index is 1.70. The second-order valence-corrected chi connectivity index (χ2v) is 4.97. The first-order chi connectivity index (χ1) is 9.72. The van der Waals surface area contributed by atoms with Gasteiger partial charge < -0.3 is 5.32 Å². The molecule has 1 aromatic carbocycles. The largest absolute Gasteiger partial charge is 0.367 e. The van der Waals surface area contributed by atoms with Gasteiger partial charge in [-0.05, 0) is 31.5 Å². The average molecular weight is 267 g/mol. The van der Waals surface area contributed by atoms with Crippen molar-refractivity contribution in [3.63, 3.8) is 0 Å². The zero-order valence-electron chi connectivity index (χ0n) is 11.6. The molecule has 0 aliphatic carbocycles. The second kappa shape index (κ2) is 5.28. The molecule has 0 unspecified atom stereocenters. The smallest absolute Gasteiger partial charge is 0.145 e.